The molecule has 0 fully saturated rings. The Kier molecular flexibility index (Phi) is 2.97. The monoisotopic (exact) mass is 251 g/mol. The Morgan fingerprint density at radius 3 is 3.06 bits per heavy atom. The van der Waals surface area contributed by atoms with Gasteiger partial charge in [-0.25, -0.2) is 4.98 Å². The minimum atomic E-state index is -0.806. The minimum Gasteiger partial charge on any atom is -0.468 e. The summed E-state index contributed by atoms with van der Waals surface area (Å²) < 4.78 is 7.42. The number of carbonyl (C=O) groups is 1. The SMILES string of the molecule is COC(=O)C1(C)C=CC=c2[nH]c(NS)nc2=C1. The van der Waals surface area contributed by atoms with Crippen molar-refractivity contribution < 1.29 is 9.53 Å². The molecule has 0 saturated heterocycles. The molecule has 0 bridgehead atoms. The highest BCUT2D eigenvalue weighted by atomic mass is 32.1. The smallest absolute Gasteiger partial charge is 0.319 e. The molecule has 90 valence electrons. The minimum absolute atomic E-state index is 0.321. The normalized spacial score (nSPS) is 21.8. The van der Waals surface area contributed by atoms with Crippen molar-refractivity contribution in [3.05, 3.63) is 22.9 Å². The van der Waals surface area contributed by atoms with Crippen LogP contribution in [-0.2, 0) is 9.53 Å². The molecule has 0 amide bonds. The fourth-order valence-corrected chi connectivity index (χ4v) is 1.82. The van der Waals surface area contributed by atoms with Crippen LogP contribution in [-0.4, -0.2) is 23.0 Å². The number of allylic oxidation sites excluding steroid dienone is 1. The molecule has 2 N–H and O–H groups in total. The quantitative estimate of drug-likeness (QED) is 0.510. The third-order valence-electron chi connectivity index (χ3n) is 2.63. The predicted octanol–water partition coefficient (Wildman–Crippen LogP) is -0.0235. The molecule has 1 unspecified atom stereocenters. The van der Waals surface area contributed by atoms with E-state index in [0.717, 1.165) is 5.35 Å². The topological polar surface area (TPSA) is 67.0 Å². The average molecular weight is 251 g/mol. The number of ether oxygens (including phenoxy) is 1. The van der Waals surface area contributed by atoms with E-state index >= 15 is 0 Å². The summed E-state index contributed by atoms with van der Waals surface area (Å²) >= 11 is 3.92. The van der Waals surface area contributed by atoms with Crippen LogP contribution >= 0.6 is 12.8 Å². The number of imidazole rings is 1. The Hall–Kier alpha value is -1.69. The van der Waals surface area contributed by atoms with Crippen molar-refractivity contribution >= 4 is 36.9 Å². The molecule has 17 heavy (non-hydrogen) atoms. The highest BCUT2D eigenvalue weighted by Crippen LogP contribution is 2.23. The van der Waals surface area contributed by atoms with Gasteiger partial charge in [0.1, 0.15) is 5.41 Å². The third-order valence-corrected chi connectivity index (χ3v) is 2.85. The zero-order chi connectivity index (χ0) is 12.5. The van der Waals surface area contributed by atoms with E-state index in [0.29, 0.717) is 11.3 Å². The Bertz CT molecular complexity index is 590. The number of thiol groups is 1. The van der Waals surface area contributed by atoms with E-state index in [-0.39, 0.29) is 5.97 Å². The van der Waals surface area contributed by atoms with Crippen LogP contribution < -0.4 is 15.4 Å². The molecular weight excluding hydrogens is 238 g/mol. The number of methoxy groups -OCH3 is 1. The first-order chi connectivity index (χ1) is 8.09. The summed E-state index contributed by atoms with van der Waals surface area (Å²) in [5.74, 6) is 0.215. The summed E-state index contributed by atoms with van der Waals surface area (Å²) in [7, 11) is 1.37. The lowest BCUT2D eigenvalue weighted by atomic mass is 9.90. The second kappa shape index (κ2) is 4.29. The van der Waals surface area contributed by atoms with Crippen LogP contribution in [0, 0.1) is 5.41 Å². The summed E-state index contributed by atoms with van der Waals surface area (Å²) in [6, 6.07) is 0. The molecular formula is C11H13N3O2S. The molecule has 6 heteroatoms. The zero-order valence-electron chi connectivity index (χ0n) is 9.52. The molecule has 1 heterocycles. The summed E-state index contributed by atoms with van der Waals surface area (Å²) in [5.41, 5.74) is -0.806. The van der Waals surface area contributed by atoms with Crippen molar-refractivity contribution in [3.8, 4) is 0 Å². The number of hydrogen-bond acceptors (Lipinski definition) is 5. The summed E-state index contributed by atoms with van der Waals surface area (Å²) in [6.07, 6.45) is 7.20. The van der Waals surface area contributed by atoms with Crippen LogP contribution in [0.15, 0.2) is 12.2 Å². The van der Waals surface area contributed by atoms with Crippen LogP contribution in [0.1, 0.15) is 6.92 Å². The molecule has 0 aliphatic heterocycles. The van der Waals surface area contributed by atoms with Gasteiger partial charge in [0, 0.05) is 0 Å². The molecule has 0 aromatic carbocycles. The molecule has 5 nitrogen and oxygen atoms in total. The predicted molar refractivity (Wildman–Crippen MR) is 68.6 cm³/mol. The number of carbonyl (C=O) groups excluding carboxylic acids is 1. The molecule has 0 saturated carbocycles. The molecule has 1 aromatic heterocycles. The Morgan fingerprint density at radius 2 is 2.41 bits per heavy atom. The number of hydrogen-bond donors (Lipinski definition) is 3. The molecule has 1 aliphatic rings. The number of fused-ring (bicyclic) bond motifs is 1. The second-order valence-electron chi connectivity index (χ2n) is 3.94. The number of aromatic nitrogens is 2. The van der Waals surface area contributed by atoms with Crippen molar-refractivity contribution in [2.24, 2.45) is 5.41 Å². The first kappa shape index (κ1) is 11.8. The molecule has 1 aliphatic carbocycles. The first-order valence-corrected chi connectivity index (χ1v) is 5.51. The largest absolute Gasteiger partial charge is 0.468 e. The van der Waals surface area contributed by atoms with Crippen molar-refractivity contribution in [2.45, 2.75) is 6.92 Å². The van der Waals surface area contributed by atoms with Crippen LogP contribution in [0.4, 0.5) is 5.95 Å². The number of nitrogens with one attached hydrogen (secondary N) is 2. The first-order valence-electron chi connectivity index (χ1n) is 5.06. The van der Waals surface area contributed by atoms with Gasteiger partial charge in [-0.1, -0.05) is 25.0 Å². The van der Waals surface area contributed by atoms with Gasteiger partial charge in [0.05, 0.1) is 17.8 Å². The maximum Gasteiger partial charge on any atom is 0.319 e. The van der Waals surface area contributed by atoms with Gasteiger partial charge < -0.3 is 14.4 Å². The summed E-state index contributed by atoms with van der Waals surface area (Å²) in [4.78, 5) is 19.0. The van der Waals surface area contributed by atoms with E-state index in [4.69, 9.17) is 4.74 Å². The maximum atomic E-state index is 11.7. The Morgan fingerprint density at radius 1 is 1.65 bits per heavy atom. The Balaban J connectivity index is 2.60. The van der Waals surface area contributed by atoms with Gasteiger partial charge in [0.25, 0.3) is 0 Å². The lowest BCUT2D eigenvalue weighted by Crippen LogP contribution is -2.31. The fraction of sp³-hybridized carbons (Fsp3) is 0.273. The van der Waals surface area contributed by atoms with Crippen LogP contribution in [0.25, 0.3) is 12.2 Å². The van der Waals surface area contributed by atoms with Gasteiger partial charge in [-0.05, 0) is 19.1 Å². The van der Waals surface area contributed by atoms with Crippen molar-refractivity contribution in [1.29, 1.82) is 0 Å². The average Bonchev–Trinajstić information content (AvgIpc) is 2.63. The van der Waals surface area contributed by atoms with Crippen LogP contribution in [0.2, 0.25) is 0 Å². The van der Waals surface area contributed by atoms with Gasteiger partial charge in [-0.2, -0.15) is 0 Å². The molecule has 0 spiro atoms. The van der Waals surface area contributed by atoms with E-state index in [1.54, 1.807) is 25.2 Å². The van der Waals surface area contributed by atoms with Gasteiger partial charge in [0.2, 0.25) is 5.95 Å². The van der Waals surface area contributed by atoms with E-state index in [1.807, 2.05) is 6.08 Å². The molecule has 2 rings (SSSR count). The number of rotatable bonds is 2. The lowest BCUT2D eigenvalue weighted by Gasteiger charge is -2.17. The number of anilines is 1. The van der Waals surface area contributed by atoms with Crippen molar-refractivity contribution in [1.82, 2.24) is 9.97 Å². The van der Waals surface area contributed by atoms with E-state index in [2.05, 4.69) is 27.5 Å². The van der Waals surface area contributed by atoms with Gasteiger partial charge in [0.15, 0.2) is 0 Å². The van der Waals surface area contributed by atoms with Gasteiger partial charge >= 0.3 is 5.97 Å². The second-order valence-corrected chi connectivity index (χ2v) is 4.16. The fourth-order valence-electron chi connectivity index (χ4n) is 1.71. The van der Waals surface area contributed by atoms with Crippen LogP contribution in [0.5, 0.6) is 0 Å². The molecule has 0 radical (unpaired) electrons. The highest BCUT2D eigenvalue weighted by molar-refractivity contribution is 7.81. The molecule has 1 atom stereocenters. The summed E-state index contributed by atoms with van der Waals surface area (Å²) in [6.45, 7) is 1.78. The standard InChI is InChI=1S/C11H13N3O2S/c1-11(9(15)16-2)5-3-4-7-8(6-11)13-10(12-7)14-17/h3-6,17H,1-2H3,(H2,12,13,14). The van der Waals surface area contributed by atoms with Crippen molar-refractivity contribution in [3.63, 3.8) is 0 Å². The third kappa shape index (κ3) is 2.08. The highest BCUT2D eigenvalue weighted by Gasteiger charge is 2.29. The van der Waals surface area contributed by atoms with E-state index in [9.17, 15) is 4.79 Å². The number of H-pyrrole nitrogens is 1. The van der Waals surface area contributed by atoms with Crippen molar-refractivity contribution in [2.75, 3.05) is 11.8 Å². The van der Waals surface area contributed by atoms with Gasteiger partial charge in [-0.15, -0.1) is 0 Å². The van der Waals surface area contributed by atoms with E-state index in [1.165, 1.54) is 7.11 Å². The van der Waals surface area contributed by atoms with E-state index < -0.39 is 5.41 Å². The van der Waals surface area contributed by atoms with Gasteiger partial charge in [-0.3, -0.25) is 4.79 Å². The number of aromatic amines is 1. The maximum absolute atomic E-state index is 11.7. The number of esters is 1. The Labute approximate surface area is 104 Å². The summed E-state index contributed by atoms with van der Waals surface area (Å²) in [5, 5.41) is 1.52. The van der Waals surface area contributed by atoms with Crippen LogP contribution in [0.3, 0.4) is 0 Å². The number of nitrogens with zero attached hydrogens (tertiary/aromatic N) is 1. The zero-order valence-corrected chi connectivity index (χ0v) is 10.4. The molecule has 1 aromatic rings. The lowest BCUT2D eigenvalue weighted by molar-refractivity contribution is -0.145.